The molecule has 6 rings (SSSR count). The number of rotatable bonds is 5. The Hall–Kier alpha value is -3.61. The summed E-state index contributed by atoms with van der Waals surface area (Å²) in [4.78, 5) is 20.3. The maximum absolute atomic E-state index is 13.3. The number of carbonyl (C=O) groups excluding carboxylic acids is 1. The topological polar surface area (TPSA) is 99.4 Å². The molecule has 3 N–H and O–H groups in total. The number of aliphatic hydroxyl groups excluding tert-OH is 1. The van der Waals surface area contributed by atoms with Crippen LogP contribution < -0.4 is 0 Å². The maximum atomic E-state index is 13.3. The average Bonchev–Trinajstić information content (AvgIpc) is 3.40. The number of hydrogen-bond donors (Lipinski definition) is 3. The van der Waals surface area contributed by atoms with E-state index < -0.39 is 5.78 Å². The molecule has 3 aromatic heterocycles. The van der Waals surface area contributed by atoms with Gasteiger partial charge in [-0.3, -0.25) is 9.78 Å². The first-order valence-electron chi connectivity index (χ1n) is 10.6. The normalized spacial score (nSPS) is 14.7. The first-order valence-corrected chi connectivity index (χ1v) is 11.0. The highest BCUT2D eigenvalue weighted by molar-refractivity contribution is 6.34. The highest BCUT2D eigenvalue weighted by atomic mass is 35.5. The van der Waals surface area contributed by atoms with Gasteiger partial charge in [-0.2, -0.15) is 0 Å². The van der Waals surface area contributed by atoms with E-state index in [2.05, 4.69) is 9.97 Å². The molecular formula is C26H19ClN2O4. The van der Waals surface area contributed by atoms with Gasteiger partial charge in [0.25, 0.3) is 0 Å². The van der Waals surface area contributed by atoms with E-state index in [-0.39, 0.29) is 29.2 Å². The quantitative estimate of drug-likeness (QED) is 0.298. The molecule has 0 spiro atoms. The molecule has 0 bridgehead atoms. The Balaban J connectivity index is 1.44. The molecule has 0 saturated heterocycles. The smallest absolute Gasteiger partial charge is 0.234 e. The van der Waals surface area contributed by atoms with E-state index in [0.29, 0.717) is 27.0 Å². The van der Waals surface area contributed by atoms with Gasteiger partial charge in [0, 0.05) is 28.6 Å². The summed E-state index contributed by atoms with van der Waals surface area (Å²) in [5, 5.41) is 21.3. The van der Waals surface area contributed by atoms with Gasteiger partial charge in [-0.05, 0) is 48.2 Å². The number of nitrogens with zero attached hydrogens (tertiary/aromatic N) is 1. The number of halogens is 1. The number of aliphatic hydroxyl groups is 1. The number of H-pyrrole nitrogens is 1. The van der Waals surface area contributed by atoms with Crippen molar-refractivity contribution < 1.29 is 19.4 Å². The van der Waals surface area contributed by atoms with Crippen molar-refractivity contribution in [3.05, 3.63) is 82.7 Å². The van der Waals surface area contributed by atoms with Crippen LogP contribution in [-0.2, 0) is 5.41 Å². The second-order valence-corrected chi connectivity index (χ2v) is 8.98. The van der Waals surface area contributed by atoms with E-state index in [1.165, 1.54) is 0 Å². The van der Waals surface area contributed by atoms with Crippen molar-refractivity contribution in [3.63, 3.8) is 0 Å². The second kappa shape index (κ2) is 7.20. The van der Waals surface area contributed by atoms with Crippen LogP contribution in [0.4, 0.5) is 0 Å². The molecule has 0 radical (unpaired) electrons. The minimum Gasteiger partial charge on any atom is -0.494 e. The van der Waals surface area contributed by atoms with Crippen molar-refractivity contribution in [2.45, 2.75) is 18.3 Å². The number of benzene rings is 2. The summed E-state index contributed by atoms with van der Waals surface area (Å²) >= 11 is 6.57. The zero-order chi connectivity index (χ0) is 22.7. The fourth-order valence-electron chi connectivity index (χ4n) is 4.45. The number of fused-ring (bicyclic) bond motifs is 2. The van der Waals surface area contributed by atoms with Crippen LogP contribution in [0.1, 0.15) is 34.5 Å². The fourth-order valence-corrected chi connectivity index (χ4v) is 4.72. The van der Waals surface area contributed by atoms with E-state index in [9.17, 15) is 15.0 Å². The van der Waals surface area contributed by atoms with Crippen LogP contribution in [0.5, 0.6) is 5.88 Å². The minimum atomic E-state index is -0.445. The van der Waals surface area contributed by atoms with Crippen LogP contribution in [0, 0.1) is 0 Å². The monoisotopic (exact) mass is 458 g/mol. The third-order valence-electron chi connectivity index (χ3n) is 6.57. The van der Waals surface area contributed by atoms with Crippen LogP contribution in [-0.4, -0.2) is 32.6 Å². The Morgan fingerprint density at radius 2 is 1.94 bits per heavy atom. The van der Waals surface area contributed by atoms with E-state index in [4.69, 9.17) is 16.0 Å². The molecule has 1 aliphatic carbocycles. The molecule has 0 amide bonds. The molecule has 7 heteroatoms. The molecule has 0 atom stereocenters. The molecule has 1 saturated carbocycles. The summed E-state index contributed by atoms with van der Waals surface area (Å²) in [6, 6.07) is 16.5. The zero-order valence-electron chi connectivity index (χ0n) is 17.4. The number of aromatic nitrogens is 2. The molecule has 0 aliphatic heterocycles. The van der Waals surface area contributed by atoms with Gasteiger partial charge in [0.15, 0.2) is 11.3 Å². The molecule has 164 valence electrons. The first kappa shape index (κ1) is 20.0. The van der Waals surface area contributed by atoms with Gasteiger partial charge in [0.05, 0.1) is 22.7 Å². The maximum Gasteiger partial charge on any atom is 0.234 e. The average molecular weight is 459 g/mol. The number of hydrogen-bond acceptors (Lipinski definition) is 5. The lowest BCUT2D eigenvalue weighted by Gasteiger charge is -2.13. The molecular weight excluding hydrogens is 440 g/mol. The molecule has 1 aliphatic rings. The van der Waals surface area contributed by atoms with Crippen molar-refractivity contribution in [1.82, 2.24) is 9.97 Å². The van der Waals surface area contributed by atoms with Crippen LogP contribution in [0.3, 0.4) is 0 Å². The van der Waals surface area contributed by atoms with Crippen LogP contribution in [0.2, 0.25) is 5.02 Å². The van der Waals surface area contributed by atoms with E-state index in [1.807, 2.05) is 24.3 Å². The highest BCUT2D eigenvalue weighted by Crippen LogP contribution is 2.48. The highest BCUT2D eigenvalue weighted by Gasteiger charge is 2.43. The summed E-state index contributed by atoms with van der Waals surface area (Å²) in [6.45, 7) is 0.143. The summed E-state index contributed by atoms with van der Waals surface area (Å²) in [5.74, 6) is -0.593. The first-order chi connectivity index (χ1) is 16.0. The predicted molar refractivity (Wildman–Crippen MR) is 126 cm³/mol. The van der Waals surface area contributed by atoms with E-state index in [1.54, 1.807) is 36.5 Å². The SMILES string of the molecule is O=C(c1cc2ncccc2o1)c1c(O)[nH]c2cc(Cl)c(-c3ccc(C4(CO)CC4)cc3)cc12. The van der Waals surface area contributed by atoms with Crippen molar-refractivity contribution in [2.24, 2.45) is 0 Å². The van der Waals surface area contributed by atoms with Gasteiger partial charge in [-0.1, -0.05) is 35.9 Å². The third-order valence-corrected chi connectivity index (χ3v) is 6.88. The largest absolute Gasteiger partial charge is 0.494 e. The zero-order valence-corrected chi connectivity index (χ0v) is 18.2. The van der Waals surface area contributed by atoms with Crippen molar-refractivity contribution in [3.8, 4) is 17.0 Å². The Kier molecular flexibility index (Phi) is 4.37. The van der Waals surface area contributed by atoms with Crippen molar-refractivity contribution >= 4 is 39.4 Å². The minimum absolute atomic E-state index is 0.0967. The number of furan rings is 1. The van der Waals surface area contributed by atoms with Gasteiger partial charge < -0.3 is 19.6 Å². The lowest BCUT2D eigenvalue weighted by Crippen LogP contribution is -2.11. The van der Waals surface area contributed by atoms with Gasteiger partial charge >= 0.3 is 0 Å². The summed E-state index contributed by atoms with van der Waals surface area (Å²) < 4.78 is 5.67. The number of aromatic hydroxyl groups is 1. The Bertz CT molecular complexity index is 1510. The number of nitrogens with one attached hydrogen (secondary N) is 1. The molecule has 33 heavy (non-hydrogen) atoms. The van der Waals surface area contributed by atoms with E-state index >= 15 is 0 Å². The van der Waals surface area contributed by atoms with Gasteiger partial charge in [0.2, 0.25) is 11.7 Å². The van der Waals surface area contributed by atoms with Crippen LogP contribution in [0.25, 0.3) is 33.1 Å². The molecule has 1 fully saturated rings. The van der Waals surface area contributed by atoms with Crippen molar-refractivity contribution in [2.75, 3.05) is 6.61 Å². The summed E-state index contributed by atoms with van der Waals surface area (Å²) in [7, 11) is 0. The summed E-state index contributed by atoms with van der Waals surface area (Å²) in [6.07, 6.45) is 3.60. The number of ketones is 1. The fraction of sp³-hybridized carbons (Fsp3) is 0.154. The number of pyridine rings is 1. The van der Waals surface area contributed by atoms with Crippen molar-refractivity contribution in [1.29, 1.82) is 0 Å². The third kappa shape index (κ3) is 3.14. The number of carbonyl (C=O) groups is 1. The molecule has 3 heterocycles. The molecule has 6 nitrogen and oxygen atoms in total. The van der Waals surface area contributed by atoms with Crippen LogP contribution in [0.15, 0.2) is 65.2 Å². The Morgan fingerprint density at radius 1 is 1.15 bits per heavy atom. The van der Waals surface area contributed by atoms with Crippen LogP contribution >= 0.6 is 11.6 Å². The van der Waals surface area contributed by atoms with Gasteiger partial charge in [0.1, 0.15) is 5.52 Å². The Morgan fingerprint density at radius 3 is 2.64 bits per heavy atom. The predicted octanol–water partition coefficient (Wildman–Crippen LogP) is 5.59. The second-order valence-electron chi connectivity index (χ2n) is 8.57. The van der Waals surface area contributed by atoms with Gasteiger partial charge in [-0.15, -0.1) is 0 Å². The lowest BCUT2D eigenvalue weighted by molar-refractivity contribution is 0.101. The number of aromatic amines is 1. The summed E-state index contributed by atoms with van der Waals surface area (Å²) in [5.41, 5.74) is 4.36. The lowest BCUT2D eigenvalue weighted by atomic mass is 9.94. The van der Waals surface area contributed by atoms with E-state index in [0.717, 1.165) is 29.5 Å². The Labute approximate surface area is 193 Å². The molecule has 5 aromatic rings. The molecule has 2 aromatic carbocycles. The standard InChI is InChI=1S/C26H19ClN2O4/c27-18-11-19-17(10-16(18)14-3-5-15(6-4-14)26(13-30)7-8-26)23(25(32)29-19)24(31)22-12-20-21(33-22)2-1-9-28-20/h1-6,9-12,29-30,32H,7-8,13H2. The van der Waals surface area contributed by atoms with Gasteiger partial charge in [-0.25, -0.2) is 0 Å². The molecule has 0 unspecified atom stereocenters.